The van der Waals surface area contributed by atoms with Gasteiger partial charge in [0.2, 0.25) is 5.91 Å². The number of aryl methyl sites for hydroxylation is 1. The number of morpholine rings is 1. The molecule has 0 radical (unpaired) electrons. The number of anilines is 2. The monoisotopic (exact) mass is 381 g/mol. The molecular weight excluding hydrogens is 362 g/mol. The van der Waals surface area contributed by atoms with Crippen LogP contribution in [-0.2, 0) is 16.1 Å². The number of hydrogen-bond donors (Lipinski definition) is 1. The van der Waals surface area contributed by atoms with Crippen molar-refractivity contribution in [3.05, 3.63) is 44.0 Å². The van der Waals surface area contributed by atoms with E-state index in [0.717, 1.165) is 35.8 Å². The Kier molecular flexibility index (Phi) is 5.78. The minimum Gasteiger partial charge on any atom is -0.378 e. The van der Waals surface area contributed by atoms with Crippen molar-refractivity contribution >= 4 is 40.2 Å². The van der Waals surface area contributed by atoms with E-state index in [0.29, 0.717) is 30.5 Å². The largest absolute Gasteiger partial charge is 0.378 e. The van der Waals surface area contributed by atoms with Crippen molar-refractivity contribution in [3.63, 3.8) is 0 Å². The summed E-state index contributed by atoms with van der Waals surface area (Å²) in [4.78, 5) is 26.2. The van der Waals surface area contributed by atoms with Crippen LogP contribution in [-0.4, -0.2) is 36.8 Å². The molecule has 0 saturated carbocycles. The van der Waals surface area contributed by atoms with Gasteiger partial charge in [0, 0.05) is 42.2 Å². The van der Waals surface area contributed by atoms with Crippen molar-refractivity contribution in [1.82, 2.24) is 4.57 Å². The minimum absolute atomic E-state index is 0.0398. The van der Waals surface area contributed by atoms with Gasteiger partial charge in [0.25, 0.3) is 0 Å². The van der Waals surface area contributed by atoms with Gasteiger partial charge < -0.3 is 19.5 Å². The highest BCUT2D eigenvalue weighted by Gasteiger charge is 2.17. The standard InChI is InChI=1S/C17H20ClN3O3S/c1-12-11-25-17(23)21(12)5-4-16(22)19-14-10-13(18)2-3-15(14)20-6-8-24-9-7-20/h2-3,10-11H,4-9H2,1H3,(H,19,22). The average molecular weight is 382 g/mol. The Bertz CT molecular complexity index is 812. The Morgan fingerprint density at radius 1 is 1.36 bits per heavy atom. The van der Waals surface area contributed by atoms with Crippen LogP contribution in [0.5, 0.6) is 0 Å². The van der Waals surface area contributed by atoms with Crippen LogP contribution < -0.4 is 15.1 Å². The fourth-order valence-electron chi connectivity index (χ4n) is 2.79. The molecule has 8 heteroatoms. The third-order valence-corrected chi connectivity index (χ3v) is 5.24. The summed E-state index contributed by atoms with van der Waals surface area (Å²) in [6, 6.07) is 5.49. The normalized spacial score (nSPS) is 14.6. The number of aromatic nitrogens is 1. The second-order valence-corrected chi connectivity index (χ2v) is 7.11. The summed E-state index contributed by atoms with van der Waals surface area (Å²) in [5, 5.41) is 5.30. The molecule has 1 N–H and O–H groups in total. The van der Waals surface area contributed by atoms with E-state index >= 15 is 0 Å². The van der Waals surface area contributed by atoms with Crippen LogP contribution in [0.2, 0.25) is 5.02 Å². The molecule has 1 saturated heterocycles. The van der Waals surface area contributed by atoms with E-state index in [1.54, 1.807) is 16.0 Å². The number of thiazole rings is 1. The van der Waals surface area contributed by atoms with Gasteiger partial charge in [0.1, 0.15) is 0 Å². The second kappa shape index (κ2) is 8.03. The molecule has 3 rings (SSSR count). The second-order valence-electron chi connectivity index (χ2n) is 5.85. The quantitative estimate of drug-likeness (QED) is 0.865. The molecule has 0 bridgehead atoms. The first-order valence-electron chi connectivity index (χ1n) is 8.11. The number of amides is 1. The number of hydrogen-bond acceptors (Lipinski definition) is 5. The molecule has 1 fully saturated rings. The molecule has 0 spiro atoms. The lowest BCUT2D eigenvalue weighted by molar-refractivity contribution is -0.116. The van der Waals surface area contributed by atoms with Crippen LogP contribution in [0, 0.1) is 6.92 Å². The van der Waals surface area contributed by atoms with Crippen molar-refractivity contribution in [2.45, 2.75) is 19.9 Å². The fraction of sp³-hybridized carbons (Fsp3) is 0.412. The van der Waals surface area contributed by atoms with Crippen molar-refractivity contribution in [2.24, 2.45) is 0 Å². The zero-order chi connectivity index (χ0) is 17.8. The summed E-state index contributed by atoms with van der Waals surface area (Å²) >= 11 is 7.25. The maximum absolute atomic E-state index is 12.4. The highest BCUT2D eigenvalue weighted by atomic mass is 35.5. The summed E-state index contributed by atoms with van der Waals surface area (Å²) in [5.41, 5.74) is 2.50. The molecule has 6 nitrogen and oxygen atoms in total. The molecule has 1 aliphatic rings. The molecule has 25 heavy (non-hydrogen) atoms. The van der Waals surface area contributed by atoms with E-state index in [1.807, 2.05) is 19.1 Å². The lowest BCUT2D eigenvalue weighted by Gasteiger charge is -2.30. The number of halogens is 1. The number of rotatable bonds is 5. The van der Waals surface area contributed by atoms with Gasteiger partial charge in [-0.1, -0.05) is 22.9 Å². The van der Waals surface area contributed by atoms with Crippen molar-refractivity contribution < 1.29 is 9.53 Å². The lowest BCUT2D eigenvalue weighted by atomic mass is 10.2. The van der Waals surface area contributed by atoms with Gasteiger partial charge in [0.05, 0.1) is 24.6 Å². The Morgan fingerprint density at radius 2 is 2.12 bits per heavy atom. The first-order chi connectivity index (χ1) is 12.0. The number of benzene rings is 1. The highest BCUT2D eigenvalue weighted by Crippen LogP contribution is 2.30. The van der Waals surface area contributed by atoms with Gasteiger partial charge in [-0.25, -0.2) is 0 Å². The van der Waals surface area contributed by atoms with Gasteiger partial charge in [-0.2, -0.15) is 0 Å². The molecular formula is C17H20ClN3O3S. The van der Waals surface area contributed by atoms with Crippen molar-refractivity contribution in [1.29, 1.82) is 0 Å². The molecule has 2 heterocycles. The number of carbonyl (C=O) groups is 1. The molecule has 2 aromatic rings. The van der Waals surface area contributed by atoms with E-state index in [4.69, 9.17) is 16.3 Å². The average Bonchev–Trinajstić information content (AvgIpc) is 2.92. The SMILES string of the molecule is Cc1csc(=O)n1CCC(=O)Nc1cc(Cl)ccc1N1CCOCC1. The number of nitrogens with zero attached hydrogens (tertiary/aromatic N) is 2. The number of nitrogens with one attached hydrogen (secondary N) is 1. The van der Waals surface area contributed by atoms with Gasteiger partial charge in [-0.3, -0.25) is 9.59 Å². The first-order valence-corrected chi connectivity index (χ1v) is 9.37. The van der Waals surface area contributed by atoms with E-state index in [9.17, 15) is 9.59 Å². The lowest BCUT2D eigenvalue weighted by Crippen LogP contribution is -2.36. The number of carbonyl (C=O) groups excluding carboxylic acids is 1. The fourth-order valence-corrected chi connectivity index (χ4v) is 3.72. The molecule has 0 unspecified atom stereocenters. The zero-order valence-corrected chi connectivity index (χ0v) is 15.5. The van der Waals surface area contributed by atoms with E-state index in [2.05, 4.69) is 10.2 Å². The third kappa shape index (κ3) is 4.42. The highest BCUT2D eigenvalue weighted by molar-refractivity contribution is 7.07. The molecule has 1 amide bonds. The van der Waals surface area contributed by atoms with Gasteiger partial charge >= 0.3 is 4.87 Å². The molecule has 0 aliphatic carbocycles. The third-order valence-electron chi connectivity index (χ3n) is 4.12. The van der Waals surface area contributed by atoms with Crippen LogP contribution >= 0.6 is 22.9 Å². The Balaban J connectivity index is 1.70. The van der Waals surface area contributed by atoms with Gasteiger partial charge in [-0.05, 0) is 25.1 Å². The van der Waals surface area contributed by atoms with E-state index in [1.165, 1.54) is 0 Å². The smallest absolute Gasteiger partial charge is 0.307 e. The van der Waals surface area contributed by atoms with Crippen LogP contribution in [0.15, 0.2) is 28.4 Å². The zero-order valence-electron chi connectivity index (χ0n) is 14.0. The van der Waals surface area contributed by atoms with E-state index < -0.39 is 0 Å². The maximum Gasteiger partial charge on any atom is 0.307 e. The van der Waals surface area contributed by atoms with Crippen LogP contribution in [0.4, 0.5) is 11.4 Å². The number of ether oxygens (including phenoxy) is 1. The maximum atomic E-state index is 12.4. The predicted molar refractivity (Wildman–Crippen MR) is 101 cm³/mol. The van der Waals surface area contributed by atoms with Gasteiger partial charge in [0.15, 0.2) is 0 Å². The first kappa shape index (κ1) is 18.0. The molecule has 134 valence electrons. The predicted octanol–water partition coefficient (Wildman–Crippen LogP) is 2.74. The topological polar surface area (TPSA) is 63.6 Å². The van der Waals surface area contributed by atoms with Crippen LogP contribution in [0.1, 0.15) is 12.1 Å². The summed E-state index contributed by atoms with van der Waals surface area (Å²) in [6.07, 6.45) is 0.229. The molecule has 1 aromatic carbocycles. The molecule has 1 aliphatic heterocycles. The van der Waals surface area contributed by atoms with Crippen LogP contribution in [0.25, 0.3) is 0 Å². The molecule has 1 aromatic heterocycles. The molecule has 0 atom stereocenters. The Morgan fingerprint density at radius 3 is 2.80 bits per heavy atom. The van der Waals surface area contributed by atoms with Crippen molar-refractivity contribution in [3.8, 4) is 0 Å². The van der Waals surface area contributed by atoms with Gasteiger partial charge in [-0.15, -0.1) is 0 Å². The summed E-state index contributed by atoms with van der Waals surface area (Å²) in [5.74, 6) is -0.144. The summed E-state index contributed by atoms with van der Waals surface area (Å²) < 4.78 is 7.00. The Labute approximate surface area is 155 Å². The van der Waals surface area contributed by atoms with Crippen molar-refractivity contribution in [2.75, 3.05) is 36.5 Å². The summed E-state index contributed by atoms with van der Waals surface area (Å²) in [6.45, 7) is 5.10. The minimum atomic E-state index is -0.144. The summed E-state index contributed by atoms with van der Waals surface area (Å²) in [7, 11) is 0. The van der Waals surface area contributed by atoms with Crippen LogP contribution in [0.3, 0.4) is 0 Å². The van der Waals surface area contributed by atoms with E-state index in [-0.39, 0.29) is 17.2 Å². The Hall–Kier alpha value is -1.83.